The van der Waals surface area contributed by atoms with E-state index in [-0.39, 0.29) is 0 Å². The van der Waals surface area contributed by atoms with Gasteiger partial charge in [-0.25, -0.2) is 4.79 Å². The second kappa shape index (κ2) is 3.88. The number of rotatable bonds is 1. The molecule has 0 bridgehead atoms. The number of amides is 1. The van der Waals surface area contributed by atoms with E-state index in [1.165, 1.54) is 4.90 Å². The van der Waals surface area contributed by atoms with E-state index in [2.05, 4.69) is 10.2 Å². The fourth-order valence-corrected chi connectivity index (χ4v) is 1.99. The maximum absolute atomic E-state index is 10.7. The monoisotopic (exact) mass is 210 g/mol. The van der Waals surface area contributed by atoms with Crippen LogP contribution in [0.15, 0.2) is 6.33 Å². The molecule has 0 radical (unpaired) electrons. The molecular formula is C9H14N4O2. The molecule has 2 heterocycles. The molecule has 15 heavy (non-hydrogen) atoms. The number of piperidine rings is 1. The summed E-state index contributed by atoms with van der Waals surface area (Å²) in [5, 5.41) is 16.7. The first-order chi connectivity index (χ1) is 7.18. The minimum atomic E-state index is -0.827. The molecule has 0 saturated carbocycles. The van der Waals surface area contributed by atoms with E-state index in [0.29, 0.717) is 19.0 Å². The molecule has 0 aliphatic carbocycles. The van der Waals surface area contributed by atoms with Crippen molar-refractivity contribution in [2.45, 2.75) is 18.8 Å². The van der Waals surface area contributed by atoms with Crippen LogP contribution in [0.3, 0.4) is 0 Å². The molecule has 2 rings (SSSR count). The first kappa shape index (κ1) is 9.95. The summed E-state index contributed by atoms with van der Waals surface area (Å²) in [6.45, 7) is 1.18. The van der Waals surface area contributed by atoms with Crippen LogP contribution in [0.25, 0.3) is 0 Å². The zero-order valence-electron chi connectivity index (χ0n) is 8.63. The van der Waals surface area contributed by atoms with Crippen molar-refractivity contribution in [2.75, 3.05) is 13.1 Å². The fourth-order valence-electron chi connectivity index (χ4n) is 1.99. The van der Waals surface area contributed by atoms with Gasteiger partial charge in [-0.1, -0.05) is 0 Å². The molecule has 6 heteroatoms. The number of likely N-dealkylation sites (tertiary alicyclic amines) is 1. The average molecular weight is 210 g/mol. The molecule has 1 aliphatic heterocycles. The van der Waals surface area contributed by atoms with Gasteiger partial charge in [-0.3, -0.25) is 0 Å². The number of nitrogens with zero attached hydrogens (tertiary/aromatic N) is 4. The van der Waals surface area contributed by atoms with Crippen LogP contribution in [0.5, 0.6) is 0 Å². The second-order valence-electron chi connectivity index (χ2n) is 3.84. The molecule has 0 unspecified atom stereocenters. The van der Waals surface area contributed by atoms with Gasteiger partial charge < -0.3 is 14.6 Å². The Morgan fingerprint density at radius 1 is 1.53 bits per heavy atom. The van der Waals surface area contributed by atoms with Gasteiger partial charge in [-0.2, -0.15) is 0 Å². The van der Waals surface area contributed by atoms with Gasteiger partial charge >= 0.3 is 6.09 Å². The van der Waals surface area contributed by atoms with Crippen LogP contribution >= 0.6 is 0 Å². The summed E-state index contributed by atoms with van der Waals surface area (Å²) >= 11 is 0. The largest absolute Gasteiger partial charge is 0.465 e. The van der Waals surface area contributed by atoms with Crippen molar-refractivity contribution in [2.24, 2.45) is 7.05 Å². The Morgan fingerprint density at radius 3 is 2.67 bits per heavy atom. The van der Waals surface area contributed by atoms with Crippen LogP contribution in [0.4, 0.5) is 4.79 Å². The second-order valence-corrected chi connectivity index (χ2v) is 3.84. The van der Waals surface area contributed by atoms with E-state index in [1.54, 1.807) is 6.33 Å². The van der Waals surface area contributed by atoms with Crippen LogP contribution in [0, 0.1) is 0 Å². The minimum Gasteiger partial charge on any atom is -0.465 e. The van der Waals surface area contributed by atoms with E-state index >= 15 is 0 Å². The molecular weight excluding hydrogens is 196 g/mol. The van der Waals surface area contributed by atoms with Gasteiger partial charge in [0.25, 0.3) is 0 Å². The third kappa shape index (κ3) is 1.93. The van der Waals surface area contributed by atoms with Crippen molar-refractivity contribution in [3.8, 4) is 0 Å². The first-order valence-corrected chi connectivity index (χ1v) is 5.00. The lowest BCUT2D eigenvalue weighted by Crippen LogP contribution is -2.37. The lowest BCUT2D eigenvalue weighted by Gasteiger charge is -2.29. The third-order valence-electron chi connectivity index (χ3n) is 2.88. The average Bonchev–Trinajstić information content (AvgIpc) is 2.65. The highest BCUT2D eigenvalue weighted by Gasteiger charge is 2.25. The smallest absolute Gasteiger partial charge is 0.407 e. The molecule has 1 aromatic heterocycles. The van der Waals surface area contributed by atoms with Gasteiger partial charge in [0.15, 0.2) is 0 Å². The van der Waals surface area contributed by atoms with Gasteiger partial charge in [-0.15, -0.1) is 10.2 Å². The standard InChI is InChI=1S/C9H14N4O2/c1-12-6-10-11-8(12)7-2-4-13(5-3-7)9(14)15/h6-7H,2-5H2,1H3,(H,14,15). The van der Waals surface area contributed by atoms with Crippen LogP contribution in [-0.4, -0.2) is 44.0 Å². The summed E-state index contributed by atoms with van der Waals surface area (Å²) in [5.74, 6) is 1.30. The van der Waals surface area contributed by atoms with Crippen molar-refractivity contribution in [3.05, 3.63) is 12.2 Å². The summed E-state index contributed by atoms with van der Waals surface area (Å²) in [6, 6.07) is 0. The molecule has 1 aliphatic rings. The molecule has 0 spiro atoms. The van der Waals surface area contributed by atoms with Crippen molar-refractivity contribution < 1.29 is 9.90 Å². The van der Waals surface area contributed by atoms with Crippen LogP contribution in [0.1, 0.15) is 24.6 Å². The van der Waals surface area contributed by atoms with E-state index in [4.69, 9.17) is 5.11 Å². The number of carboxylic acid groups (broad SMARTS) is 1. The molecule has 6 nitrogen and oxygen atoms in total. The van der Waals surface area contributed by atoms with E-state index in [1.807, 2.05) is 11.6 Å². The Kier molecular flexibility index (Phi) is 2.57. The molecule has 1 fully saturated rings. The zero-order chi connectivity index (χ0) is 10.8. The zero-order valence-corrected chi connectivity index (χ0v) is 8.63. The maximum Gasteiger partial charge on any atom is 0.407 e. The number of hydrogen-bond donors (Lipinski definition) is 1. The highest BCUT2D eigenvalue weighted by Crippen LogP contribution is 2.25. The molecule has 0 atom stereocenters. The minimum absolute atomic E-state index is 0.341. The van der Waals surface area contributed by atoms with Gasteiger partial charge in [0.05, 0.1) is 0 Å². The molecule has 0 aromatic carbocycles. The van der Waals surface area contributed by atoms with Crippen molar-refractivity contribution >= 4 is 6.09 Å². The Labute approximate surface area is 87.5 Å². The van der Waals surface area contributed by atoms with E-state index < -0.39 is 6.09 Å². The van der Waals surface area contributed by atoms with Gasteiger partial charge in [-0.05, 0) is 12.8 Å². The van der Waals surface area contributed by atoms with Crippen molar-refractivity contribution in [3.63, 3.8) is 0 Å². The number of aromatic nitrogens is 3. The van der Waals surface area contributed by atoms with E-state index in [0.717, 1.165) is 18.7 Å². The third-order valence-corrected chi connectivity index (χ3v) is 2.88. The van der Waals surface area contributed by atoms with Crippen LogP contribution in [0.2, 0.25) is 0 Å². The summed E-state index contributed by atoms with van der Waals surface area (Å²) in [7, 11) is 1.92. The predicted molar refractivity (Wildman–Crippen MR) is 52.6 cm³/mol. The SMILES string of the molecule is Cn1cnnc1C1CCN(C(=O)O)CC1. The van der Waals surface area contributed by atoms with Gasteiger partial charge in [0, 0.05) is 26.1 Å². The number of carbonyl (C=O) groups is 1. The Morgan fingerprint density at radius 2 is 2.20 bits per heavy atom. The molecule has 1 aromatic rings. The normalized spacial score (nSPS) is 18.1. The van der Waals surface area contributed by atoms with Crippen LogP contribution in [-0.2, 0) is 7.05 Å². The summed E-state index contributed by atoms with van der Waals surface area (Å²) < 4.78 is 1.90. The summed E-state index contributed by atoms with van der Waals surface area (Å²) in [4.78, 5) is 12.2. The quantitative estimate of drug-likeness (QED) is 0.739. The maximum atomic E-state index is 10.7. The van der Waals surface area contributed by atoms with Crippen molar-refractivity contribution in [1.82, 2.24) is 19.7 Å². The summed E-state index contributed by atoms with van der Waals surface area (Å²) in [5.41, 5.74) is 0. The van der Waals surface area contributed by atoms with Gasteiger partial charge in [0.1, 0.15) is 12.2 Å². The Hall–Kier alpha value is -1.59. The lowest BCUT2D eigenvalue weighted by atomic mass is 9.96. The summed E-state index contributed by atoms with van der Waals surface area (Å²) in [6.07, 6.45) is 2.52. The van der Waals surface area contributed by atoms with Crippen LogP contribution < -0.4 is 0 Å². The molecule has 1 N–H and O–H groups in total. The topological polar surface area (TPSA) is 71.2 Å². The number of hydrogen-bond acceptors (Lipinski definition) is 3. The number of aryl methyl sites for hydroxylation is 1. The fraction of sp³-hybridized carbons (Fsp3) is 0.667. The highest BCUT2D eigenvalue weighted by molar-refractivity contribution is 5.65. The molecule has 1 saturated heterocycles. The van der Waals surface area contributed by atoms with Crippen molar-refractivity contribution in [1.29, 1.82) is 0 Å². The predicted octanol–water partition coefficient (Wildman–Crippen LogP) is 0.672. The molecule has 1 amide bonds. The Balaban J connectivity index is 2.00. The Bertz CT molecular complexity index is 355. The van der Waals surface area contributed by atoms with E-state index in [9.17, 15) is 4.79 Å². The van der Waals surface area contributed by atoms with Gasteiger partial charge in [0.2, 0.25) is 0 Å². The first-order valence-electron chi connectivity index (χ1n) is 5.00. The lowest BCUT2D eigenvalue weighted by molar-refractivity contribution is 0.131. The molecule has 82 valence electrons. The highest BCUT2D eigenvalue weighted by atomic mass is 16.4.